The van der Waals surface area contributed by atoms with Gasteiger partial charge in [-0.15, -0.1) is 0 Å². The second-order valence-electron chi connectivity index (χ2n) is 4.62. The second-order valence-corrected chi connectivity index (χ2v) is 5.49. The van der Waals surface area contributed by atoms with E-state index < -0.39 is 5.91 Å². The summed E-state index contributed by atoms with van der Waals surface area (Å²) in [5.41, 5.74) is 6.32. The normalized spacial score (nSPS) is 10.5. The molecule has 3 rings (SSSR count). The number of aromatic amines is 1. The van der Waals surface area contributed by atoms with Crippen LogP contribution < -0.4 is 10.5 Å². The first-order valence-corrected chi connectivity index (χ1v) is 7.23. The van der Waals surface area contributed by atoms with Crippen LogP contribution in [0.3, 0.4) is 0 Å². The van der Waals surface area contributed by atoms with Gasteiger partial charge in [-0.1, -0.05) is 35.3 Å². The molecule has 1 aromatic heterocycles. The number of hydrogen-bond donors (Lipinski definition) is 2. The number of hydrogen-bond acceptors (Lipinski definition) is 4. The van der Waals surface area contributed by atoms with E-state index in [0.29, 0.717) is 32.8 Å². The number of nitrogens with two attached hydrogens (primary N) is 1. The minimum Gasteiger partial charge on any atom is -0.457 e. The zero-order valence-electron chi connectivity index (χ0n) is 11.6. The smallest absolute Gasteiger partial charge is 0.271 e. The quantitative estimate of drug-likeness (QED) is 0.751. The molecule has 23 heavy (non-hydrogen) atoms. The third kappa shape index (κ3) is 3.44. The molecule has 1 heterocycles. The average molecular weight is 349 g/mol. The fraction of sp³-hybridized carbons (Fsp3) is 0. The Kier molecular flexibility index (Phi) is 4.18. The van der Waals surface area contributed by atoms with Crippen molar-refractivity contribution in [3.63, 3.8) is 0 Å². The summed E-state index contributed by atoms with van der Waals surface area (Å²) in [7, 11) is 0. The predicted molar refractivity (Wildman–Crippen MR) is 86.9 cm³/mol. The Morgan fingerprint density at radius 2 is 1.78 bits per heavy atom. The minimum absolute atomic E-state index is 0.0629. The molecule has 3 aromatic rings. The topological polar surface area (TPSA) is 93.9 Å². The third-order valence-electron chi connectivity index (χ3n) is 2.96. The number of nitrogens with zero attached hydrogens (tertiary/aromatic N) is 2. The monoisotopic (exact) mass is 348 g/mol. The lowest BCUT2D eigenvalue weighted by Gasteiger charge is -2.08. The predicted octanol–water partition coefficient (Wildman–Crippen LogP) is 3.67. The van der Waals surface area contributed by atoms with E-state index >= 15 is 0 Å². The van der Waals surface area contributed by atoms with E-state index in [1.807, 2.05) is 0 Å². The lowest BCUT2D eigenvalue weighted by molar-refractivity contribution is 0.0996. The van der Waals surface area contributed by atoms with Gasteiger partial charge in [-0.2, -0.15) is 15.4 Å². The van der Waals surface area contributed by atoms with Gasteiger partial charge in [0.1, 0.15) is 17.2 Å². The molecule has 0 fully saturated rings. The van der Waals surface area contributed by atoms with Crippen LogP contribution in [0.25, 0.3) is 11.3 Å². The molecule has 2 aromatic carbocycles. The Hall–Kier alpha value is -2.57. The van der Waals surface area contributed by atoms with E-state index in [9.17, 15) is 4.79 Å². The molecular formula is C15H10Cl2N4O2. The van der Waals surface area contributed by atoms with Gasteiger partial charge in [-0.05, 0) is 30.3 Å². The van der Waals surface area contributed by atoms with Gasteiger partial charge in [0.05, 0.1) is 0 Å². The maximum Gasteiger partial charge on any atom is 0.271 e. The van der Waals surface area contributed by atoms with Gasteiger partial charge >= 0.3 is 0 Å². The zero-order chi connectivity index (χ0) is 16.4. The largest absolute Gasteiger partial charge is 0.457 e. The van der Waals surface area contributed by atoms with E-state index in [1.165, 1.54) is 0 Å². The van der Waals surface area contributed by atoms with Crippen LogP contribution in [0.1, 0.15) is 10.5 Å². The van der Waals surface area contributed by atoms with Gasteiger partial charge in [-0.3, -0.25) is 4.79 Å². The van der Waals surface area contributed by atoms with Crippen LogP contribution in [0.5, 0.6) is 11.5 Å². The number of rotatable bonds is 4. The Bertz CT molecular complexity index is 859. The summed E-state index contributed by atoms with van der Waals surface area (Å²) < 4.78 is 5.74. The summed E-state index contributed by atoms with van der Waals surface area (Å²) >= 11 is 11.9. The summed E-state index contributed by atoms with van der Waals surface area (Å²) in [4.78, 5) is 11.3. The van der Waals surface area contributed by atoms with Crippen molar-refractivity contribution < 1.29 is 9.53 Å². The average Bonchev–Trinajstić information content (AvgIpc) is 2.96. The van der Waals surface area contributed by atoms with Crippen LogP contribution in [-0.2, 0) is 0 Å². The van der Waals surface area contributed by atoms with Gasteiger partial charge in [0.2, 0.25) is 0 Å². The molecule has 0 aliphatic rings. The lowest BCUT2D eigenvalue weighted by atomic mass is 10.1. The van der Waals surface area contributed by atoms with Gasteiger partial charge in [0.15, 0.2) is 5.69 Å². The van der Waals surface area contributed by atoms with Crippen molar-refractivity contribution in [2.75, 3.05) is 0 Å². The standard InChI is InChI=1S/C15H10Cl2N4O2/c16-9-5-10(17)7-12(6-9)23-11-3-1-2-8(4-11)13-14(15(18)22)20-21-19-13/h1-7H,(H2,18,22)(H,19,20,21). The van der Waals surface area contributed by atoms with Crippen LogP contribution in [0.2, 0.25) is 10.0 Å². The van der Waals surface area contributed by atoms with Crippen molar-refractivity contribution in [3.8, 4) is 22.8 Å². The van der Waals surface area contributed by atoms with Crippen LogP contribution in [-0.4, -0.2) is 21.3 Å². The first kappa shape index (κ1) is 15.3. The minimum atomic E-state index is -0.665. The summed E-state index contributed by atoms with van der Waals surface area (Å²) in [5.74, 6) is 0.357. The van der Waals surface area contributed by atoms with E-state index in [2.05, 4.69) is 15.4 Å². The maximum absolute atomic E-state index is 11.3. The van der Waals surface area contributed by atoms with Crippen molar-refractivity contribution in [1.29, 1.82) is 0 Å². The highest BCUT2D eigenvalue weighted by atomic mass is 35.5. The van der Waals surface area contributed by atoms with Crippen LogP contribution in [0.15, 0.2) is 42.5 Å². The van der Waals surface area contributed by atoms with Gasteiger partial charge < -0.3 is 10.5 Å². The fourth-order valence-electron chi connectivity index (χ4n) is 2.03. The molecule has 0 aliphatic heterocycles. The second kappa shape index (κ2) is 6.28. The molecule has 0 saturated carbocycles. The van der Waals surface area contributed by atoms with Crippen LogP contribution >= 0.6 is 23.2 Å². The molecule has 0 bridgehead atoms. The highest BCUT2D eigenvalue weighted by Crippen LogP contribution is 2.30. The summed E-state index contributed by atoms with van der Waals surface area (Å²) in [6.45, 7) is 0. The number of benzene rings is 2. The Morgan fingerprint density at radius 1 is 1.04 bits per heavy atom. The molecule has 0 spiro atoms. The van der Waals surface area contributed by atoms with Crippen molar-refractivity contribution in [3.05, 3.63) is 58.2 Å². The number of carbonyl (C=O) groups is 1. The first-order chi connectivity index (χ1) is 11.0. The van der Waals surface area contributed by atoms with E-state index in [0.717, 1.165) is 0 Å². The Labute approximate surface area is 141 Å². The van der Waals surface area contributed by atoms with E-state index in [-0.39, 0.29) is 5.69 Å². The van der Waals surface area contributed by atoms with Crippen molar-refractivity contribution in [2.45, 2.75) is 0 Å². The number of aromatic nitrogens is 3. The molecule has 0 saturated heterocycles. The summed E-state index contributed by atoms with van der Waals surface area (Å²) in [6, 6.07) is 11.9. The highest BCUT2D eigenvalue weighted by Gasteiger charge is 2.15. The highest BCUT2D eigenvalue weighted by molar-refractivity contribution is 6.34. The van der Waals surface area contributed by atoms with Gasteiger partial charge in [0.25, 0.3) is 5.91 Å². The zero-order valence-corrected chi connectivity index (χ0v) is 13.1. The first-order valence-electron chi connectivity index (χ1n) is 6.48. The molecule has 0 unspecified atom stereocenters. The van der Waals surface area contributed by atoms with Crippen LogP contribution in [0, 0.1) is 0 Å². The summed E-state index contributed by atoms with van der Waals surface area (Å²) in [5, 5.41) is 11.0. The van der Waals surface area contributed by atoms with Crippen molar-refractivity contribution >= 4 is 29.1 Å². The molecule has 6 nitrogen and oxygen atoms in total. The summed E-state index contributed by atoms with van der Waals surface area (Å²) in [6.07, 6.45) is 0. The van der Waals surface area contributed by atoms with Gasteiger partial charge in [-0.25, -0.2) is 0 Å². The molecule has 3 N–H and O–H groups in total. The molecule has 8 heteroatoms. The van der Waals surface area contributed by atoms with E-state index in [4.69, 9.17) is 33.7 Å². The Balaban J connectivity index is 1.94. The third-order valence-corrected chi connectivity index (χ3v) is 3.40. The fourth-order valence-corrected chi connectivity index (χ4v) is 2.54. The molecule has 116 valence electrons. The molecule has 0 radical (unpaired) electrons. The number of ether oxygens (including phenoxy) is 1. The number of amides is 1. The number of H-pyrrole nitrogens is 1. The molecule has 0 aliphatic carbocycles. The Morgan fingerprint density at radius 3 is 2.48 bits per heavy atom. The molecular weight excluding hydrogens is 339 g/mol. The van der Waals surface area contributed by atoms with E-state index in [1.54, 1.807) is 42.5 Å². The lowest BCUT2D eigenvalue weighted by Crippen LogP contribution is -2.12. The SMILES string of the molecule is NC(=O)c1n[nH]nc1-c1cccc(Oc2cc(Cl)cc(Cl)c2)c1. The number of halogens is 2. The molecule has 1 amide bonds. The van der Waals surface area contributed by atoms with Crippen molar-refractivity contribution in [1.82, 2.24) is 15.4 Å². The number of primary amides is 1. The van der Waals surface area contributed by atoms with Crippen LogP contribution in [0.4, 0.5) is 0 Å². The maximum atomic E-state index is 11.3. The molecule has 0 atom stereocenters. The number of nitrogens with one attached hydrogen (secondary N) is 1. The van der Waals surface area contributed by atoms with Crippen molar-refractivity contribution in [2.24, 2.45) is 5.73 Å². The number of carbonyl (C=O) groups excluding carboxylic acids is 1. The van der Waals surface area contributed by atoms with Gasteiger partial charge in [0, 0.05) is 15.6 Å².